The Morgan fingerprint density at radius 2 is 1.71 bits per heavy atom. The summed E-state index contributed by atoms with van der Waals surface area (Å²) in [6.07, 6.45) is -8.44. The first-order chi connectivity index (χ1) is 25.4. The van der Waals surface area contributed by atoms with E-state index < -0.39 is 102 Å². The number of phosphoric ester groups is 3. The first kappa shape index (κ1) is 46.4. The van der Waals surface area contributed by atoms with Crippen LogP contribution in [-0.2, 0) is 55.5 Å². The van der Waals surface area contributed by atoms with Gasteiger partial charge in [-0.05, 0) is 6.42 Å². The van der Waals surface area contributed by atoms with Crippen LogP contribution in [0, 0.1) is 5.41 Å². The Bertz CT molecular complexity index is 1850. The molecule has 1 aliphatic rings. The molecule has 3 rings (SSSR count). The molecule has 3 heterocycles. The van der Waals surface area contributed by atoms with Crippen LogP contribution >= 0.6 is 35.2 Å². The van der Waals surface area contributed by atoms with E-state index in [0.717, 1.165) is 42.8 Å². The molecule has 0 aliphatic carbocycles. The van der Waals surface area contributed by atoms with Gasteiger partial charge in [-0.1, -0.05) is 25.6 Å². The summed E-state index contributed by atoms with van der Waals surface area (Å²) in [5.74, 6) is -2.92. The number of nitrogens with two attached hydrogens (primary N) is 1. The number of aliphatic hydroxyl groups is 2. The van der Waals surface area contributed by atoms with Gasteiger partial charge in [0.1, 0.15) is 36.3 Å². The molecule has 2 aromatic rings. The predicted octanol–water partition coefficient (Wildman–Crippen LogP) is -5.33. The SMILES string of the molecule is CC(C)(COP(=O)([O-])OP(=O)([O-])OC[C@H]1O[C@@H](n2cnc3c(N)ncnc32)[C@H](O)[C@@H]1OP(=O)([O-])[O-])[C@@H](O)C(=O)NCCC(=O)NCCSC(=O)CCC(=O)[O-]. The van der Waals surface area contributed by atoms with Crippen LogP contribution in [0.4, 0.5) is 5.82 Å². The molecule has 1 fully saturated rings. The van der Waals surface area contributed by atoms with Crippen LogP contribution in [0.15, 0.2) is 12.7 Å². The summed E-state index contributed by atoms with van der Waals surface area (Å²) < 4.78 is 60.3. The minimum Gasteiger partial charge on any atom is -0.790 e. The van der Waals surface area contributed by atoms with Crippen molar-refractivity contribution in [3.05, 3.63) is 12.7 Å². The van der Waals surface area contributed by atoms with Crippen LogP contribution < -0.4 is 41.0 Å². The molecule has 7 atom stereocenters. The maximum atomic E-state index is 12.5. The standard InChI is InChI=1S/C25H40N7O19P3S/c1-25(2,20(38)23(39)28-6-5-14(33)27-7-8-55-16(36)4-3-15(34)35)10-48-54(45,46)51-53(43,44)47-9-13-19(50-52(40,41)42)18(37)24(49-13)32-12-31-17-21(26)29-11-30-22(17)32/h11-13,18-20,24,37-38H,3-10H2,1-2H3,(H,27,33)(H,28,39)(H,34,35)(H,43,44)(H,45,46)(H2,26,29,30)(H2,40,41,42)/p-5/t13-,18-,19-,20+,24-/m1/s1. The number of carboxylic acids is 1. The van der Waals surface area contributed by atoms with E-state index in [-0.39, 0.29) is 48.7 Å². The number of aliphatic carboxylic acids is 1. The molecule has 2 unspecified atom stereocenters. The Morgan fingerprint density at radius 3 is 2.36 bits per heavy atom. The topological polar surface area (TPSA) is 415 Å². The second-order valence-corrected chi connectivity index (χ2v) is 17.3. The molecule has 0 spiro atoms. The van der Waals surface area contributed by atoms with Crippen molar-refractivity contribution < 1.29 is 90.4 Å². The van der Waals surface area contributed by atoms with Crippen molar-refractivity contribution in [3.63, 3.8) is 0 Å². The number of anilines is 1. The third-order valence-electron chi connectivity index (χ3n) is 7.27. The van der Waals surface area contributed by atoms with Crippen molar-refractivity contribution in [2.24, 2.45) is 5.41 Å². The molecule has 1 aliphatic heterocycles. The Labute approximate surface area is 314 Å². The number of carbonyl (C=O) groups excluding carboxylic acids is 4. The number of nitrogens with zero attached hydrogens (tertiary/aromatic N) is 4. The quantitative estimate of drug-likeness (QED) is 0.0545. The van der Waals surface area contributed by atoms with Crippen LogP contribution in [0.2, 0.25) is 0 Å². The number of imidazole rings is 1. The highest BCUT2D eigenvalue weighted by atomic mass is 32.2. The van der Waals surface area contributed by atoms with Gasteiger partial charge in [0.25, 0.3) is 15.6 Å². The second-order valence-electron chi connectivity index (χ2n) is 12.1. The van der Waals surface area contributed by atoms with E-state index in [2.05, 4.69) is 43.5 Å². The average Bonchev–Trinajstić information content (AvgIpc) is 3.63. The second kappa shape index (κ2) is 19.5. The average molecular weight is 863 g/mol. The van der Waals surface area contributed by atoms with E-state index >= 15 is 0 Å². The normalized spacial score (nSPS) is 21.7. The Morgan fingerprint density at radius 1 is 1.04 bits per heavy atom. The predicted molar refractivity (Wildman–Crippen MR) is 172 cm³/mol. The van der Waals surface area contributed by atoms with Gasteiger partial charge < -0.3 is 78.9 Å². The highest BCUT2D eigenvalue weighted by Gasteiger charge is 2.47. The minimum atomic E-state index is -5.93. The van der Waals surface area contributed by atoms with Crippen LogP contribution in [0.1, 0.15) is 39.3 Å². The minimum absolute atomic E-state index is 0.0317. The molecule has 0 bridgehead atoms. The number of aromatic nitrogens is 4. The highest BCUT2D eigenvalue weighted by molar-refractivity contribution is 8.13. The van der Waals surface area contributed by atoms with Gasteiger partial charge in [0.2, 0.25) is 11.8 Å². The van der Waals surface area contributed by atoms with Crippen LogP contribution in [0.25, 0.3) is 11.2 Å². The molecule has 2 amide bonds. The van der Waals surface area contributed by atoms with E-state index in [4.69, 9.17) is 10.5 Å². The van der Waals surface area contributed by atoms with Gasteiger partial charge in [-0.15, -0.1) is 0 Å². The van der Waals surface area contributed by atoms with Crippen molar-refractivity contribution >= 4 is 75.1 Å². The number of ether oxygens (including phenoxy) is 1. The van der Waals surface area contributed by atoms with Gasteiger partial charge >= 0.3 is 0 Å². The number of carbonyl (C=O) groups is 4. The zero-order valence-corrected chi connectivity index (χ0v) is 32.1. The van der Waals surface area contributed by atoms with Crippen molar-refractivity contribution in [1.29, 1.82) is 0 Å². The number of aliphatic hydroxyl groups excluding tert-OH is 2. The van der Waals surface area contributed by atoms with E-state index in [1.165, 1.54) is 0 Å². The number of nitrogens with one attached hydrogen (secondary N) is 2. The first-order valence-corrected chi connectivity index (χ1v) is 21.0. The van der Waals surface area contributed by atoms with Crippen molar-refractivity contribution in [3.8, 4) is 0 Å². The van der Waals surface area contributed by atoms with Crippen molar-refractivity contribution in [1.82, 2.24) is 30.2 Å². The Kier molecular flexibility index (Phi) is 16.4. The number of thioether (sulfide) groups is 1. The number of phosphoric acid groups is 3. The number of hydrogen-bond acceptors (Lipinski definition) is 24. The lowest BCUT2D eigenvalue weighted by Crippen LogP contribution is -2.46. The van der Waals surface area contributed by atoms with Crippen molar-refractivity contribution in [2.45, 2.75) is 63.8 Å². The number of hydrogen-bond donors (Lipinski definition) is 5. The number of rotatable bonds is 22. The van der Waals surface area contributed by atoms with Gasteiger partial charge in [-0.3, -0.25) is 28.1 Å². The summed E-state index contributed by atoms with van der Waals surface area (Å²) in [5.41, 5.74) is 4.00. The zero-order valence-electron chi connectivity index (χ0n) is 28.6. The molecular weight excluding hydrogens is 827 g/mol. The molecule has 30 heteroatoms. The third kappa shape index (κ3) is 14.5. The molecule has 0 radical (unpaired) electrons. The number of fused-ring (bicyclic) bond motifs is 1. The monoisotopic (exact) mass is 862 g/mol. The summed E-state index contributed by atoms with van der Waals surface area (Å²) in [5, 5.41) is 35.9. The van der Waals surface area contributed by atoms with Gasteiger partial charge in [0, 0.05) is 43.1 Å². The summed E-state index contributed by atoms with van der Waals surface area (Å²) in [4.78, 5) is 106. The fourth-order valence-corrected chi connectivity index (χ4v) is 7.96. The molecule has 310 valence electrons. The molecule has 6 N–H and O–H groups in total. The van der Waals surface area contributed by atoms with E-state index in [9.17, 15) is 67.8 Å². The first-order valence-electron chi connectivity index (χ1n) is 15.6. The third-order valence-corrected chi connectivity index (χ3v) is 11.2. The fourth-order valence-electron chi connectivity index (χ4n) is 4.55. The molecule has 0 aromatic carbocycles. The Hall–Kier alpha value is -2.97. The maximum Gasteiger partial charge on any atom is 0.274 e. The van der Waals surface area contributed by atoms with Crippen LogP contribution in [-0.4, -0.2) is 109 Å². The zero-order chi connectivity index (χ0) is 41.4. The lowest BCUT2D eigenvalue weighted by atomic mass is 9.87. The highest BCUT2D eigenvalue weighted by Crippen LogP contribution is 2.56. The molecule has 26 nitrogen and oxygen atoms in total. The lowest BCUT2D eigenvalue weighted by molar-refractivity contribution is -0.347. The lowest BCUT2D eigenvalue weighted by Gasteiger charge is -2.36. The van der Waals surface area contributed by atoms with Gasteiger partial charge in [-0.25, -0.2) is 19.3 Å². The fraction of sp³-hybridized carbons (Fsp3) is 0.640. The summed E-state index contributed by atoms with van der Waals surface area (Å²) in [6, 6.07) is 0. The van der Waals surface area contributed by atoms with Crippen LogP contribution in [0.3, 0.4) is 0 Å². The Balaban J connectivity index is 1.49. The van der Waals surface area contributed by atoms with E-state index in [1.807, 2.05) is 0 Å². The smallest absolute Gasteiger partial charge is 0.274 e. The number of nitrogen functional groups attached to an aromatic ring is 1. The van der Waals surface area contributed by atoms with E-state index in [1.54, 1.807) is 0 Å². The molecule has 55 heavy (non-hydrogen) atoms. The molecule has 0 saturated carbocycles. The molecular formula is C25H35N7O19P3S-5. The van der Waals surface area contributed by atoms with E-state index in [0.29, 0.717) is 0 Å². The summed E-state index contributed by atoms with van der Waals surface area (Å²) in [6.45, 7) is -0.222. The van der Waals surface area contributed by atoms with Crippen LogP contribution in [0.5, 0.6) is 0 Å². The van der Waals surface area contributed by atoms with Gasteiger partial charge in [0.15, 0.2) is 22.8 Å². The number of amides is 2. The molecule has 1 saturated heterocycles. The van der Waals surface area contributed by atoms with Gasteiger partial charge in [0.05, 0.1) is 27.4 Å². The largest absolute Gasteiger partial charge is 0.790 e. The van der Waals surface area contributed by atoms with Crippen molar-refractivity contribution in [2.75, 3.05) is 37.8 Å². The molecule has 2 aromatic heterocycles. The summed E-state index contributed by atoms with van der Waals surface area (Å²) in [7, 11) is -17.6. The summed E-state index contributed by atoms with van der Waals surface area (Å²) >= 11 is 0.809. The van der Waals surface area contributed by atoms with Gasteiger partial charge in [-0.2, -0.15) is 0 Å². The maximum absolute atomic E-state index is 12.5. The number of carboxylic acid groups (broad SMARTS) is 1.